The summed E-state index contributed by atoms with van der Waals surface area (Å²) in [5.74, 6) is -1.03. The summed E-state index contributed by atoms with van der Waals surface area (Å²) in [6.45, 7) is 5.22. The van der Waals surface area contributed by atoms with Crippen molar-refractivity contribution in [1.82, 2.24) is 10.6 Å². The predicted molar refractivity (Wildman–Crippen MR) is 148 cm³/mol. The number of hydrogen-bond donors (Lipinski definition) is 5. The molecule has 10 heteroatoms. The van der Waals surface area contributed by atoms with E-state index in [0.717, 1.165) is 11.1 Å². The molecule has 0 aliphatic carbocycles. The molecule has 3 rings (SSSR count). The lowest BCUT2D eigenvalue weighted by atomic mass is 9.88. The Balaban J connectivity index is 1.75. The molecular weight excluding hydrogens is 516 g/mol. The second kappa shape index (κ2) is 14.6. The average Bonchev–Trinajstić information content (AvgIpc) is 3.19. The standard InChI is InChI=1S/C30H42N2O8/c1-30(2,3)40-29(37)32-22(16-20-13-9-6-10-14-20)23(33)17-21(15-19-11-7-5-8-12-19)27(36)31-18-24-25(34)26(35)28(38-4)39-24/h5-14,21-26,28,33-35H,15-18H2,1-4H3,(H,31,36)(H,32,37)/t21-,22+,23+,24-,25-,26-,28-/m1/s1. The minimum absolute atomic E-state index is 0.0470. The number of amides is 2. The van der Waals surface area contributed by atoms with Crippen molar-refractivity contribution < 1.29 is 39.1 Å². The molecule has 2 aromatic rings. The highest BCUT2D eigenvalue weighted by atomic mass is 16.7. The number of ether oxygens (including phenoxy) is 3. The second-order valence-electron chi connectivity index (χ2n) is 11.1. The van der Waals surface area contributed by atoms with Crippen molar-refractivity contribution in [2.24, 2.45) is 5.92 Å². The Morgan fingerprint density at radius 3 is 2.05 bits per heavy atom. The van der Waals surface area contributed by atoms with Crippen LogP contribution in [0.3, 0.4) is 0 Å². The number of aliphatic hydroxyl groups is 3. The molecule has 1 aliphatic rings. The Hall–Kier alpha value is -3.02. The van der Waals surface area contributed by atoms with Gasteiger partial charge in [-0.2, -0.15) is 0 Å². The fourth-order valence-corrected chi connectivity index (χ4v) is 4.67. The number of hydrogen-bond acceptors (Lipinski definition) is 8. The maximum absolute atomic E-state index is 13.4. The largest absolute Gasteiger partial charge is 0.444 e. The molecule has 0 saturated carbocycles. The van der Waals surface area contributed by atoms with Crippen LogP contribution in [0.1, 0.15) is 38.3 Å². The van der Waals surface area contributed by atoms with E-state index >= 15 is 0 Å². The monoisotopic (exact) mass is 558 g/mol. The van der Waals surface area contributed by atoms with E-state index in [0.29, 0.717) is 12.8 Å². The van der Waals surface area contributed by atoms with Crippen molar-refractivity contribution in [2.75, 3.05) is 13.7 Å². The van der Waals surface area contributed by atoms with Crippen molar-refractivity contribution in [1.29, 1.82) is 0 Å². The summed E-state index contributed by atoms with van der Waals surface area (Å²) < 4.78 is 16.0. The maximum Gasteiger partial charge on any atom is 0.407 e. The molecule has 0 aromatic heterocycles. The Bertz CT molecular complexity index is 1060. The van der Waals surface area contributed by atoms with Crippen LogP contribution in [0, 0.1) is 5.92 Å². The lowest BCUT2D eigenvalue weighted by molar-refractivity contribution is -0.149. The van der Waals surface area contributed by atoms with Gasteiger partial charge in [0.2, 0.25) is 5.91 Å². The van der Waals surface area contributed by atoms with Gasteiger partial charge in [0.15, 0.2) is 6.29 Å². The van der Waals surface area contributed by atoms with E-state index in [4.69, 9.17) is 14.2 Å². The first-order chi connectivity index (χ1) is 19.0. The van der Waals surface area contributed by atoms with Crippen LogP contribution in [-0.2, 0) is 31.8 Å². The first-order valence-corrected chi connectivity index (χ1v) is 13.5. The quantitative estimate of drug-likeness (QED) is 0.266. The molecule has 0 bridgehead atoms. The molecule has 1 heterocycles. The van der Waals surface area contributed by atoms with Crippen LogP contribution in [0.2, 0.25) is 0 Å². The van der Waals surface area contributed by atoms with Gasteiger partial charge in [0.25, 0.3) is 0 Å². The number of nitrogens with one attached hydrogen (secondary N) is 2. The molecule has 2 amide bonds. The van der Waals surface area contributed by atoms with E-state index in [1.807, 2.05) is 60.7 Å². The smallest absolute Gasteiger partial charge is 0.407 e. The van der Waals surface area contributed by atoms with Gasteiger partial charge in [-0.25, -0.2) is 4.79 Å². The van der Waals surface area contributed by atoms with Gasteiger partial charge in [0.1, 0.15) is 23.9 Å². The van der Waals surface area contributed by atoms with E-state index < -0.39 is 54.4 Å². The molecule has 0 spiro atoms. The van der Waals surface area contributed by atoms with Crippen molar-refractivity contribution in [3.8, 4) is 0 Å². The molecule has 1 aliphatic heterocycles. The Kier molecular flexibility index (Phi) is 11.5. The summed E-state index contributed by atoms with van der Waals surface area (Å²) in [5, 5.41) is 37.3. The molecule has 0 radical (unpaired) electrons. The third kappa shape index (κ3) is 9.57. The predicted octanol–water partition coefficient (Wildman–Crippen LogP) is 1.94. The molecule has 10 nitrogen and oxygen atoms in total. The molecule has 40 heavy (non-hydrogen) atoms. The number of rotatable bonds is 12. The molecule has 7 atom stereocenters. The van der Waals surface area contributed by atoms with E-state index in [-0.39, 0.29) is 18.9 Å². The first-order valence-electron chi connectivity index (χ1n) is 13.5. The van der Waals surface area contributed by atoms with E-state index in [1.165, 1.54) is 7.11 Å². The number of carbonyl (C=O) groups is 2. The lowest BCUT2D eigenvalue weighted by Gasteiger charge is -2.29. The number of alkyl carbamates (subject to hydrolysis) is 1. The Morgan fingerprint density at radius 2 is 1.52 bits per heavy atom. The van der Waals surface area contributed by atoms with Crippen LogP contribution < -0.4 is 10.6 Å². The van der Waals surface area contributed by atoms with Gasteiger partial charge in [-0.05, 0) is 51.2 Å². The SMILES string of the molecule is CO[C@@H]1O[C@H](CNC(=O)[C@H](Cc2ccccc2)C[C@H](O)[C@H](Cc2ccccc2)NC(=O)OC(C)(C)C)[C@@H](O)[C@H]1O. The summed E-state index contributed by atoms with van der Waals surface area (Å²) in [7, 11) is 1.36. The molecule has 1 fully saturated rings. The fraction of sp³-hybridized carbons (Fsp3) is 0.533. The fourth-order valence-electron chi connectivity index (χ4n) is 4.67. The van der Waals surface area contributed by atoms with E-state index in [9.17, 15) is 24.9 Å². The number of benzene rings is 2. The lowest BCUT2D eigenvalue weighted by Crippen LogP contribution is -2.49. The highest BCUT2D eigenvalue weighted by molar-refractivity contribution is 5.79. The van der Waals surface area contributed by atoms with Crippen LogP contribution in [0.4, 0.5) is 4.79 Å². The summed E-state index contributed by atoms with van der Waals surface area (Å²) in [6, 6.07) is 18.1. The average molecular weight is 559 g/mol. The van der Waals surface area contributed by atoms with Gasteiger partial charge in [-0.3, -0.25) is 4.79 Å². The van der Waals surface area contributed by atoms with Crippen molar-refractivity contribution in [3.63, 3.8) is 0 Å². The minimum Gasteiger partial charge on any atom is -0.444 e. The summed E-state index contributed by atoms with van der Waals surface area (Å²) in [6.07, 6.45) is -5.32. The number of methoxy groups -OCH3 is 1. The zero-order chi connectivity index (χ0) is 29.3. The van der Waals surface area contributed by atoms with Gasteiger partial charge in [0.05, 0.1) is 12.1 Å². The van der Waals surface area contributed by atoms with Crippen molar-refractivity contribution >= 4 is 12.0 Å². The Morgan fingerprint density at radius 1 is 0.950 bits per heavy atom. The zero-order valence-electron chi connectivity index (χ0n) is 23.5. The van der Waals surface area contributed by atoms with Gasteiger partial charge >= 0.3 is 6.09 Å². The molecule has 0 unspecified atom stereocenters. The normalized spacial score (nSPS) is 23.2. The third-order valence-corrected chi connectivity index (χ3v) is 6.72. The highest BCUT2D eigenvalue weighted by Gasteiger charge is 2.43. The van der Waals surface area contributed by atoms with Crippen LogP contribution >= 0.6 is 0 Å². The highest BCUT2D eigenvalue weighted by Crippen LogP contribution is 2.23. The van der Waals surface area contributed by atoms with Crippen molar-refractivity contribution in [3.05, 3.63) is 71.8 Å². The first kappa shape index (κ1) is 31.5. The van der Waals surface area contributed by atoms with Gasteiger partial charge in [-0.15, -0.1) is 0 Å². The summed E-state index contributed by atoms with van der Waals surface area (Å²) in [5.41, 5.74) is 1.09. The number of aliphatic hydroxyl groups excluding tert-OH is 3. The van der Waals surface area contributed by atoms with E-state index in [2.05, 4.69) is 10.6 Å². The van der Waals surface area contributed by atoms with Crippen LogP contribution in [0.5, 0.6) is 0 Å². The summed E-state index contributed by atoms with van der Waals surface area (Å²) in [4.78, 5) is 26.0. The van der Waals surface area contributed by atoms with Crippen molar-refractivity contribution in [2.45, 2.75) is 82.4 Å². The maximum atomic E-state index is 13.4. The minimum atomic E-state index is -1.23. The van der Waals surface area contributed by atoms with Crippen LogP contribution in [0.15, 0.2) is 60.7 Å². The second-order valence-corrected chi connectivity index (χ2v) is 11.1. The van der Waals surface area contributed by atoms with Crippen LogP contribution in [0.25, 0.3) is 0 Å². The molecule has 2 aromatic carbocycles. The topological polar surface area (TPSA) is 147 Å². The Labute approximate surface area is 235 Å². The van der Waals surface area contributed by atoms with E-state index in [1.54, 1.807) is 20.8 Å². The summed E-state index contributed by atoms with van der Waals surface area (Å²) >= 11 is 0. The van der Waals surface area contributed by atoms with Gasteiger partial charge < -0.3 is 40.2 Å². The van der Waals surface area contributed by atoms with Crippen LogP contribution in [-0.4, -0.2) is 83.3 Å². The molecule has 220 valence electrons. The number of carbonyl (C=O) groups excluding carboxylic acids is 2. The van der Waals surface area contributed by atoms with Gasteiger partial charge in [0, 0.05) is 19.6 Å². The third-order valence-electron chi connectivity index (χ3n) is 6.72. The molecule has 5 N–H and O–H groups in total. The molecule has 1 saturated heterocycles. The zero-order valence-corrected chi connectivity index (χ0v) is 23.5. The van der Waals surface area contributed by atoms with Gasteiger partial charge in [-0.1, -0.05) is 60.7 Å². The molecular formula is C30H42N2O8.